The van der Waals surface area contributed by atoms with Crippen molar-refractivity contribution in [3.05, 3.63) is 129 Å². The molecular formula is C44H42S4. The Labute approximate surface area is 303 Å². The van der Waals surface area contributed by atoms with Crippen molar-refractivity contribution in [2.45, 2.75) is 78.1 Å². The van der Waals surface area contributed by atoms with Crippen LogP contribution in [-0.4, -0.2) is 0 Å². The summed E-state index contributed by atoms with van der Waals surface area (Å²) in [5.74, 6) is 13.5. The molecule has 0 amide bonds. The van der Waals surface area contributed by atoms with E-state index in [0.717, 1.165) is 33.7 Å². The summed E-state index contributed by atoms with van der Waals surface area (Å²) in [5, 5.41) is 0. The fraction of sp³-hybridized carbons (Fsp3) is 0.273. The van der Waals surface area contributed by atoms with Crippen LogP contribution in [0.15, 0.2) is 97.1 Å². The largest absolute Gasteiger partial charge is 0.134 e. The second kappa shape index (κ2) is 17.7. The summed E-state index contributed by atoms with van der Waals surface area (Å²) in [7, 11) is 0. The fourth-order valence-electron chi connectivity index (χ4n) is 5.57. The average molecular weight is 699 g/mol. The first-order valence-corrected chi connectivity index (χ1v) is 20.6. The van der Waals surface area contributed by atoms with E-state index in [0.29, 0.717) is 0 Å². The number of unbranched alkanes of at least 4 members (excludes halogenated alkanes) is 6. The lowest BCUT2D eigenvalue weighted by Gasteiger charge is -2.01. The Balaban J connectivity index is 1.04. The molecule has 6 aromatic rings. The van der Waals surface area contributed by atoms with Crippen LogP contribution < -0.4 is 0 Å². The van der Waals surface area contributed by atoms with Crippen LogP contribution in [0.4, 0.5) is 0 Å². The van der Waals surface area contributed by atoms with Gasteiger partial charge in [0.15, 0.2) is 0 Å². The molecule has 0 saturated heterocycles. The maximum atomic E-state index is 3.39. The molecule has 0 nitrogen and oxygen atoms in total. The van der Waals surface area contributed by atoms with Gasteiger partial charge in [0.25, 0.3) is 0 Å². The molecule has 0 saturated carbocycles. The highest BCUT2D eigenvalue weighted by atomic mass is 32.1. The van der Waals surface area contributed by atoms with Crippen LogP contribution in [0.25, 0.3) is 29.3 Å². The number of thiophene rings is 4. The second-order valence-electron chi connectivity index (χ2n) is 12.2. The Bertz CT molecular complexity index is 1850. The van der Waals surface area contributed by atoms with Crippen molar-refractivity contribution in [1.82, 2.24) is 0 Å². The summed E-state index contributed by atoms with van der Waals surface area (Å²) in [6.07, 6.45) is 12.7. The summed E-state index contributed by atoms with van der Waals surface area (Å²) in [6, 6.07) is 35.3. The van der Waals surface area contributed by atoms with Crippen molar-refractivity contribution in [2.75, 3.05) is 0 Å². The van der Waals surface area contributed by atoms with Gasteiger partial charge in [-0.05, 0) is 110 Å². The summed E-state index contributed by atoms with van der Waals surface area (Å²) in [4.78, 5) is 9.97. The van der Waals surface area contributed by atoms with Gasteiger partial charge in [0.05, 0.1) is 9.75 Å². The second-order valence-corrected chi connectivity index (χ2v) is 16.5. The van der Waals surface area contributed by atoms with Gasteiger partial charge in [-0.3, -0.25) is 0 Å². The van der Waals surface area contributed by atoms with Crippen LogP contribution in [-0.2, 0) is 12.8 Å². The molecule has 0 bridgehead atoms. The molecule has 0 aliphatic heterocycles. The number of rotatable bonds is 13. The van der Waals surface area contributed by atoms with E-state index < -0.39 is 0 Å². The molecule has 4 aromatic heterocycles. The van der Waals surface area contributed by atoms with Crippen LogP contribution in [0.3, 0.4) is 0 Å². The van der Waals surface area contributed by atoms with Gasteiger partial charge >= 0.3 is 0 Å². The van der Waals surface area contributed by atoms with Crippen molar-refractivity contribution in [1.29, 1.82) is 0 Å². The molecule has 0 atom stereocenters. The molecular weight excluding hydrogens is 657 g/mol. The lowest BCUT2D eigenvalue weighted by atomic mass is 10.0. The standard InChI is InChI=1S/C44H42S4/c1-3-5-7-9-11-33-13-17-35(18-14-33)21-23-37-25-27-39(45-37)41-29-31-43(47-41)44-32-30-42(48-44)40-28-26-38(46-40)24-22-36-19-15-34(16-20-36)12-10-8-6-4-2/h13-20,25-32H,3-12H2,1-2H3. The predicted molar refractivity (Wildman–Crippen MR) is 215 cm³/mol. The van der Waals surface area contributed by atoms with E-state index in [1.165, 1.54) is 91.8 Å². The van der Waals surface area contributed by atoms with Gasteiger partial charge in [0.2, 0.25) is 0 Å². The van der Waals surface area contributed by atoms with E-state index in [4.69, 9.17) is 0 Å². The van der Waals surface area contributed by atoms with Crippen molar-refractivity contribution in [3.8, 4) is 52.9 Å². The quantitative estimate of drug-likeness (QED) is 0.0832. The van der Waals surface area contributed by atoms with E-state index in [1.807, 2.05) is 22.7 Å². The summed E-state index contributed by atoms with van der Waals surface area (Å²) in [5.41, 5.74) is 4.99. The number of benzene rings is 2. The van der Waals surface area contributed by atoms with E-state index in [9.17, 15) is 0 Å². The Morgan fingerprint density at radius 1 is 0.354 bits per heavy atom. The first-order valence-electron chi connectivity index (χ1n) is 17.3. The minimum Gasteiger partial charge on any atom is -0.134 e. The minimum atomic E-state index is 1.08. The van der Waals surface area contributed by atoms with Crippen LogP contribution in [0, 0.1) is 23.7 Å². The van der Waals surface area contributed by atoms with Gasteiger partial charge in [-0.15, -0.1) is 45.3 Å². The van der Waals surface area contributed by atoms with Crippen molar-refractivity contribution in [3.63, 3.8) is 0 Å². The molecule has 0 aliphatic carbocycles. The van der Waals surface area contributed by atoms with E-state index in [2.05, 4.69) is 135 Å². The zero-order valence-corrected chi connectivity index (χ0v) is 31.2. The smallest absolute Gasteiger partial charge is 0.0779 e. The molecule has 2 aromatic carbocycles. The minimum absolute atomic E-state index is 1.08. The highest BCUT2D eigenvalue weighted by molar-refractivity contribution is 7.28. The monoisotopic (exact) mass is 698 g/mol. The Morgan fingerprint density at radius 2 is 0.708 bits per heavy atom. The average Bonchev–Trinajstić information content (AvgIpc) is 3.95. The highest BCUT2D eigenvalue weighted by Crippen LogP contribution is 2.42. The maximum Gasteiger partial charge on any atom is 0.0779 e. The normalized spacial score (nSPS) is 10.8. The Kier molecular flexibility index (Phi) is 12.6. The van der Waals surface area contributed by atoms with Crippen LogP contribution in [0.5, 0.6) is 0 Å². The van der Waals surface area contributed by atoms with Crippen molar-refractivity contribution in [2.24, 2.45) is 0 Å². The van der Waals surface area contributed by atoms with E-state index >= 15 is 0 Å². The van der Waals surface area contributed by atoms with Gasteiger partial charge < -0.3 is 0 Å². The zero-order chi connectivity index (χ0) is 33.0. The molecule has 0 fully saturated rings. The molecule has 48 heavy (non-hydrogen) atoms. The third kappa shape index (κ3) is 9.72. The van der Waals surface area contributed by atoms with E-state index in [-0.39, 0.29) is 0 Å². The predicted octanol–water partition coefficient (Wildman–Crippen LogP) is 14.0. The Morgan fingerprint density at radius 3 is 1.08 bits per heavy atom. The molecule has 0 N–H and O–H groups in total. The van der Waals surface area contributed by atoms with Gasteiger partial charge in [0.1, 0.15) is 0 Å². The molecule has 0 aliphatic rings. The number of hydrogen-bond acceptors (Lipinski definition) is 4. The first kappa shape index (κ1) is 34.2. The third-order valence-electron chi connectivity index (χ3n) is 8.36. The molecule has 4 heteroatoms. The zero-order valence-electron chi connectivity index (χ0n) is 27.9. The highest BCUT2D eigenvalue weighted by Gasteiger charge is 2.11. The summed E-state index contributed by atoms with van der Waals surface area (Å²) in [6.45, 7) is 4.52. The molecule has 6 rings (SSSR count). The van der Waals surface area contributed by atoms with Crippen molar-refractivity contribution < 1.29 is 0 Å². The maximum absolute atomic E-state index is 3.39. The fourth-order valence-corrected chi connectivity index (χ4v) is 9.57. The summed E-state index contributed by atoms with van der Waals surface area (Å²) < 4.78 is 0. The number of aryl methyl sites for hydroxylation is 2. The summed E-state index contributed by atoms with van der Waals surface area (Å²) >= 11 is 7.27. The molecule has 4 heterocycles. The lowest BCUT2D eigenvalue weighted by molar-refractivity contribution is 0.667. The molecule has 0 unspecified atom stereocenters. The van der Waals surface area contributed by atoms with Crippen LogP contribution in [0.2, 0.25) is 0 Å². The first-order chi connectivity index (χ1) is 23.7. The van der Waals surface area contributed by atoms with Crippen molar-refractivity contribution >= 4 is 45.3 Å². The Hall–Kier alpha value is -3.64. The third-order valence-corrected chi connectivity index (χ3v) is 13.1. The van der Waals surface area contributed by atoms with Crippen LogP contribution >= 0.6 is 45.3 Å². The van der Waals surface area contributed by atoms with Gasteiger partial charge in [-0.1, -0.05) is 100 Å². The van der Waals surface area contributed by atoms with Gasteiger partial charge in [0, 0.05) is 40.4 Å². The van der Waals surface area contributed by atoms with Gasteiger partial charge in [-0.25, -0.2) is 0 Å². The van der Waals surface area contributed by atoms with Gasteiger partial charge in [-0.2, -0.15) is 0 Å². The molecule has 0 spiro atoms. The molecule has 0 radical (unpaired) electrons. The van der Waals surface area contributed by atoms with Crippen LogP contribution in [0.1, 0.15) is 97.2 Å². The van der Waals surface area contributed by atoms with E-state index in [1.54, 1.807) is 22.7 Å². The topological polar surface area (TPSA) is 0 Å². The lowest BCUT2D eigenvalue weighted by Crippen LogP contribution is -1.86. The molecule has 242 valence electrons. The SMILES string of the molecule is CCCCCCc1ccc(C#Cc2ccc(-c3ccc(-c4ccc(-c5ccc(C#Cc6ccc(CCCCCC)cc6)s5)s4)s3)s2)cc1. The number of hydrogen-bond donors (Lipinski definition) is 0.